The number of aromatic hydroxyl groups is 1. The largest absolute Gasteiger partial charge is 0.508 e. The Morgan fingerprint density at radius 2 is 1.58 bits per heavy atom. The van der Waals surface area contributed by atoms with E-state index in [1.165, 1.54) is 19.3 Å². The molecule has 1 N–H and O–H groups in total. The minimum atomic E-state index is 0.316. The first-order valence-corrected chi connectivity index (χ1v) is 8.87. The molecule has 0 aliphatic heterocycles. The van der Waals surface area contributed by atoms with Crippen LogP contribution in [-0.4, -0.2) is 51.9 Å². The fourth-order valence-electron chi connectivity index (χ4n) is 2.27. The zero-order valence-corrected chi connectivity index (χ0v) is 15.1. The Balaban J connectivity index is 2.12. The monoisotopic (exact) mass is 340 g/mol. The Bertz CT molecular complexity index is 422. The van der Waals surface area contributed by atoms with Gasteiger partial charge in [0.2, 0.25) is 0 Å². The fourth-order valence-corrected chi connectivity index (χ4v) is 2.27. The standard InChI is InChI=1S/C19H32O5/c1-3-4-5-6-7-17-8-9-18(16-19(17)20)24-15-14-23-13-12-22-11-10-21-2/h8-9,16,20H,3-7,10-15H2,1-2H3. The molecule has 0 unspecified atom stereocenters. The first-order valence-electron chi connectivity index (χ1n) is 8.87. The second kappa shape index (κ2) is 14.1. The van der Waals surface area contributed by atoms with Crippen LogP contribution < -0.4 is 4.74 Å². The molecule has 1 aromatic rings. The quantitative estimate of drug-likeness (QED) is 0.495. The second-order valence-corrected chi connectivity index (χ2v) is 5.67. The topological polar surface area (TPSA) is 57.2 Å². The van der Waals surface area contributed by atoms with Gasteiger partial charge in [-0.1, -0.05) is 32.3 Å². The summed E-state index contributed by atoms with van der Waals surface area (Å²) in [5, 5.41) is 10.1. The lowest BCUT2D eigenvalue weighted by molar-refractivity contribution is 0.0179. The molecule has 0 spiro atoms. The molecule has 5 heteroatoms. The summed E-state index contributed by atoms with van der Waals surface area (Å²) >= 11 is 0. The molecule has 5 nitrogen and oxygen atoms in total. The molecule has 0 radical (unpaired) electrons. The molecule has 0 aliphatic rings. The van der Waals surface area contributed by atoms with Gasteiger partial charge in [-0.3, -0.25) is 0 Å². The van der Waals surface area contributed by atoms with Crippen molar-refractivity contribution >= 4 is 0 Å². The van der Waals surface area contributed by atoms with Crippen molar-refractivity contribution in [1.29, 1.82) is 0 Å². The highest BCUT2D eigenvalue weighted by atomic mass is 16.6. The van der Waals surface area contributed by atoms with E-state index in [0.29, 0.717) is 51.1 Å². The van der Waals surface area contributed by atoms with Crippen LogP contribution in [0.4, 0.5) is 0 Å². The van der Waals surface area contributed by atoms with E-state index >= 15 is 0 Å². The van der Waals surface area contributed by atoms with E-state index in [1.54, 1.807) is 13.2 Å². The van der Waals surface area contributed by atoms with Crippen LogP contribution in [-0.2, 0) is 20.6 Å². The molecule has 24 heavy (non-hydrogen) atoms. The summed E-state index contributed by atoms with van der Waals surface area (Å²) in [4.78, 5) is 0. The molecule has 0 atom stereocenters. The van der Waals surface area contributed by atoms with E-state index in [1.807, 2.05) is 12.1 Å². The number of rotatable bonds is 15. The van der Waals surface area contributed by atoms with Crippen molar-refractivity contribution in [2.75, 3.05) is 46.8 Å². The molecule has 138 valence electrons. The van der Waals surface area contributed by atoms with Crippen LogP contribution in [0.2, 0.25) is 0 Å². The third-order valence-electron chi connectivity index (χ3n) is 3.66. The van der Waals surface area contributed by atoms with Gasteiger partial charge in [0.05, 0.1) is 33.0 Å². The lowest BCUT2D eigenvalue weighted by atomic mass is 10.1. The van der Waals surface area contributed by atoms with Crippen LogP contribution in [0.3, 0.4) is 0 Å². The van der Waals surface area contributed by atoms with Gasteiger partial charge in [-0.25, -0.2) is 0 Å². The van der Waals surface area contributed by atoms with Gasteiger partial charge < -0.3 is 24.1 Å². The molecular formula is C19H32O5. The number of hydrogen-bond acceptors (Lipinski definition) is 5. The molecule has 0 heterocycles. The highest BCUT2D eigenvalue weighted by Crippen LogP contribution is 2.25. The van der Waals surface area contributed by atoms with Crippen molar-refractivity contribution in [3.63, 3.8) is 0 Å². The molecular weight excluding hydrogens is 308 g/mol. The summed E-state index contributed by atoms with van der Waals surface area (Å²) < 4.78 is 21.2. The molecule has 0 saturated heterocycles. The minimum absolute atomic E-state index is 0.316. The highest BCUT2D eigenvalue weighted by Gasteiger charge is 2.03. The van der Waals surface area contributed by atoms with Gasteiger partial charge in [0.25, 0.3) is 0 Å². The summed E-state index contributed by atoms with van der Waals surface area (Å²) in [6.45, 7) is 5.41. The van der Waals surface area contributed by atoms with Crippen molar-refractivity contribution < 1.29 is 24.1 Å². The average molecular weight is 340 g/mol. The van der Waals surface area contributed by atoms with Crippen molar-refractivity contribution in [1.82, 2.24) is 0 Å². The smallest absolute Gasteiger partial charge is 0.123 e. The minimum Gasteiger partial charge on any atom is -0.508 e. The Labute approximate surface area is 145 Å². The normalized spacial score (nSPS) is 10.9. The summed E-state index contributed by atoms with van der Waals surface area (Å²) in [5.41, 5.74) is 0.989. The first-order chi connectivity index (χ1) is 11.8. The van der Waals surface area contributed by atoms with Crippen LogP contribution in [0.25, 0.3) is 0 Å². The second-order valence-electron chi connectivity index (χ2n) is 5.67. The van der Waals surface area contributed by atoms with Gasteiger partial charge in [-0.2, -0.15) is 0 Å². The van der Waals surface area contributed by atoms with E-state index in [9.17, 15) is 5.11 Å². The van der Waals surface area contributed by atoms with Crippen molar-refractivity contribution in [2.45, 2.75) is 39.0 Å². The number of unbranched alkanes of at least 4 members (excludes halogenated alkanes) is 3. The molecule has 0 saturated carbocycles. The van der Waals surface area contributed by atoms with E-state index in [2.05, 4.69) is 6.92 Å². The number of aryl methyl sites for hydroxylation is 1. The van der Waals surface area contributed by atoms with Crippen LogP contribution in [0.5, 0.6) is 11.5 Å². The van der Waals surface area contributed by atoms with Gasteiger partial charge in [0, 0.05) is 13.2 Å². The Morgan fingerprint density at radius 3 is 2.25 bits per heavy atom. The number of methoxy groups -OCH3 is 1. The van der Waals surface area contributed by atoms with Crippen LogP contribution in [0.1, 0.15) is 38.2 Å². The molecule has 0 aliphatic carbocycles. The Morgan fingerprint density at radius 1 is 0.875 bits per heavy atom. The number of phenols is 1. The zero-order chi connectivity index (χ0) is 17.5. The molecule has 1 aromatic carbocycles. The van der Waals surface area contributed by atoms with Crippen molar-refractivity contribution in [3.8, 4) is 11.5 Å². The van der Waals surface area contributed by atoms with Crippen LogP contribution in [0.15, 0.2) is 18.2 Å². The summed E-state index contributed by atoms with van der Waals surface area (Å²) in [5.74, 6) is 0.987. The van der Waals surface area contributed by atoms with E-state index in [-0.39, 0.29) is 0 Å². The number of benzene rings is 1. The molecule has 0 bridgehead atoms. The van der Waals surface area contributed by atoms with Gasteiger partial charge in [0.1, 0.15) is 18.1 Å². The highest BCUT2D eigenvalue weighted by molar-refractivity contribution is 5.39. The summed E-state index contributed by atoms with van der Waals surface area (Å²) in [6, 6.07) is 5.53. The maximum absolute atomic E-state index is 10.1. The van der Waals surface area contributed by atoms with Gasteiger partial charge >= 0.3 is 0 Å². The fraction of sp³-hybridized carbons (Fsp3) is 0.684. The van der Waals surface area contributed by atoms with Crippen molar-refractivity contribution in [3.05, 3.63) is 23.8 Å². The zero-order valence-electron chi connectivity index (χ0n) is 15.1. The van der Waals surface area contributed by atoms with Crippen LogP contribution in [0, 0.1) is 0 Å². The van der Waals surface area contributed by atoms with E-state index in [0.717, 1.165) is 18.4 Å². The van der Waals surface area contributed by atoms with Crippen LogP contribution >= 0.6 is 0 Å². The average Bonchev–Trinajstić information content (AvgIpc) is 2.59. The predicted octanol–water partition coefficient (Wildman–Crippen LogP) is 3.57. The lowest BCUT2D eigenvalue weighted by Crippen LogP contribution is -2.12. The van der Waals surface area contributed by atoms with Gasteiger partial charge in [-0.15, -0.1) is 0 Å². The maximum Gasteiger partial charge on any atom is 0.123 e. The number of hydrogen-bond donors (Lipinski definition) is 1. The summed E-state index contributed by atoms with van der Waals surface area (Å²) in [6.07, 6.45) is 5.71. The van der Waals surface area contributed by atoms with E-state index in [4.69, 9.17) is 18.9 Å². The van der Waals surface area contributed by atoms with E-state index < -0.39 is 0 Å². The molecule has 1 rings (SSSR count). The summed E-state index contributed by atoms with van der Waals surface area (Å²) in [7, 11) is 1.65. The van der Waals surface area contributed by atoms with Crippen molar-refractivity contribution in [2.24, 2.45) is 0 Å². The molecule has 0 amide bonds. The number of ether oxygens (including phenoxy) is 4. The molecule has 0 aromatic heterocycles. The lowest BCUT2D eigenvalue weighted by Gasteiger charge is -2.10. The Hall–Kier alpha value is -1.30. The third kappa shape index (κ3) is 9.75. The molecule has 0 fully saturated rings. The Kier molecular flexibility index (Phi) is 12.2. The predicted molar refractivity (Wildman–Crippen MR) is 95.0 cm³/mol. The van der Waals surface area contributed by atoms with Gasteiger partial charge in [0.15, 0.2) is 0 Å². The number of phenolic OH excluding ortho intramolecular Hbond substituents is 1. The first kappa shape index (κ1) is 20.7. The maximum atomic E-state index is 10.1. The van der Waals surface area contributed by atoms with Gasteiger partial charge in [-0.05, 0) is 24.5 Å². The SMILES string of the molecule is CCCCCCc1ccc(OCCOCCOCCOC)cc1O. The third-order valence-corrected chi connectivity index (χ3v) is 3.66.